The lowest BCUT2D eigenvalue weighted by Gasteiger charge is -1.93. The van der Waals surface area contributed by atoms with Crippen molar-refractivity contribution in [2.24, 2.45) is 0 Å². The predicted octanol–water partition coefficient (Wildman–Crippen LogP) is 0.685. The fourth-order valence-corrected chi connectivity index (χ4v) is 0.594. The minimum absolute atomic E-state index is 0.0750. The van der Waals surface area contributed by atoms with Gasteiger partial charge in [-0.2, -0.15) is 0 Å². The first-order valence-corrected chi connectivity index (χ1v) is 2.63. The highest BCUT2D eigenvalue weighted by Crippen LogP contribution is 2.09. The van der Waals surface area contributed by atoms with E-state index < -0.39 is 0 Å². The number of hydrogen-bond acceptors (Lipinski definition) is 2. The molecule has 2 nitrogen and oxygen atoms in total. The quantitative estimate of drug-likeness (QED) is 0.576. The highest BCUT2D eigenvalue weighted by atomic mass is 16.3. The highest BCUT2D eigenvalue weighted by Gasteiger charge is 1.89. The van der Waals surface area contributed by atoms with Crippen LogP contribution in [-0.2, 0) is 6.61 Å². The largest absolute Gasteiger partial charge is 0.508 e. The maximum absolute atomic E-state index is 8.81. The first kappa shape index (κ1) is 6.11. The minimum atomic E-state index is -0.0750. The van der Waals surface area contributed by atoms with Gasteiger partial charge in [0.15, 0.2) is 0 Å². The summed E-state index contributed by atoms with van der Waals surface area (Å²) in [6.45, 7) is -0.0750. The molecular weight excluding hydrogens is 116 g/mol. The van der Waals surface area contributed by atoms with Crippen LogP contribution in [0.5, 0.6) is 5.75 Å². The summed E-state index contributed by atoms with van der Waals surface area (Å²) in [4.78, 5) is 0. The molecule has 0 spiro atoms. The molecular formula is C7H7O2. The predicted molar refractivity (Wildman–Crippen MR) is 32.9 cm³/mol. The summed E-state index contributed by atoms with van der Waals surface area (Å²) in [5.74, 6) is 0.165. The van der Waals surface area contributed by atoms with E-state index in [4.69, 9.17) is 10.2 Å². The van der Waals surface area contributed by atoms with Gasteiger partial charge < -0.3 is 10.2 Å². The van der Waals surface area contributed by atoms with E-state index in [1.54, 1.807) is 6.07 Å². The lowest BCUT2D eigenvalue weighted by molar-refractivity contribution is 0.281. The lowest BCUT2D eigenvalue weighted by atomic mass is 10.2. The second kappa shape index (κ2) is 2.51. The van der Waals surface area contributed by atoms with Crippen LogP contribution >= 0.6 is 0 Å². The standard InChI is InChI=1S/C7H7O2/c8-5-6-2-1-3-7(9)4-6/h1,3-4,8-9H,5H2. The monoisotopic (exact) mass is 123 g/mol. The van der Waals surface area contributed by atoms with Crippen LogP contribution in [-0.4, -0.2) is 10.2 Å². The zero-order valence-corrected chi connectivity index (χ0v) is 4.83. The maximum Gasteiger partial charge on any atom is 0.115 e. The summed E-state index contributed by atoms with van der Waals surface area (Å²) in [7, 11) is 0. The number of benzene rings is 1. The number of aromatic hydroxyl groups is 1. The Hall–Kier alpha value is -1.02. The van der Waals surface area contributed by atoms with Crippen molar-refractivity contribution in [2.45, 2.75) is 6.61 Å². The Morgan fingerprint density at radius 3 is 2.78 bits per heavy atom. The van der Waals surface area contributed by atoms with Gasteiger partial charge >= 0.3 is 0 Å². The SMILES string of the molecule is OCc1[c]ccc(O)c1. The highest BCUT2D eigenvalue weighted by molar-refractivity contribution is 5.25. The molecule has 0 unspecified atom stereocenters. The molecule has 2 heteroatoms. The first-order chi connectivity index (χ1) is 4.33. The van der Waals surface area contributed by atoms with Crippen molar-refractivity contribution >= 4 is 0 Å². The van der Waals surface area contributed by atoms with E-state index in [2.05, 4.69) is 6.07 Å². The van der Waals surface area contributed by atoms with Crippen molar-refractivity contribution in [1.82, 2.24) is 0 Å². The molecule has 0 aliphatic heterocycles. The maximum atomic E-state index is 8.81. The molecule has 1 aromatic carbocycles. The summed E-state index contributed by atoms with van der Waals surface area (Å²) in [5, 5.41) is 17.3. The Bertz CT molecular complexity index is 196. The first-order valence-electron chi connectivity index (χ1n) is 2.63. The molecule has 1 aromatic rings. The molecule has 0 atom stereocenters. The Labute approximate surface area is 53.4 Å². The topological polar surface area (TPSA) is 40.5 Å². The molecule has 2 N–H and O–H groups in total. The summed E-state index contributed by atoms with van der Waals surface area (Å²) < 4.78 is 0. The second-order valence-corrected chi connectivity index (χ2v) is 1.73. The summed E-state index contributed by atoms with van der Waals surface area (Å²) in [6.07, 6.45) is 0. The molecule has 1 rings (SSSR count). The van der Waals surface area contributed by atoms with Crippen molar-refractivity contribution in [2.75, 3.05) is 0 Å². The van der Waals surface area contributed by atoms with Gasteiger partial charge in [0, 0.05) is 0 Å². The van der Waals surface area contributed by atoms with Crippen molar-refractivity contribution < 1.29 is 10.2 Å². The van der Waals surface area contributed by atoms with Crippen LogP contribution in [0.4, 0.5) is 0 Å². The van der Waals surface area contributed by atoms with Crippen LogP contribution < -0.4 is 0 Å². The fourth-order valence-electron chi connectivity index (χ4n) is 0.594. The molecule has 0 aliphatic rings. The van der Waals surface area contributed by atoms with Crippen LogP contribution in [0.25, 0.3) is 0 Å². The minimum Gasteiger partial charge on any atom is -0.508 e. The molecule has 0 saturated heterocycles. The Kier molecular flexibility index (Phi) is 1.70. The molecule has 0 aromatic heterocycles. The molecule has 0 bridgehead atoms. The molecule has 1 radical (unpaired) electrons. The van der Waals surface area contributed by atoms with E-state index in [1.165, 1.54) is 12.1 Å². The van der Waals surface area contributed by atoms with Crippen molar-refractivity contribution in [3.05, 3.63) is 29.8 Å². The zero-order chi connectivity index (χ0) is 6.69. The van der Waals surface area contributed by atoms with Gasteiger partial charge in [0.2, 0.25) is 0 Å². The van der Waals surface area contributed by atoms with Gasteiger partial charge in [0.25, 0.3) is 0 Å². The second-order valence-electron chi connectivity index (χ2n) is 1.73. The van der Waals surface area contributed by atoms with Gasteiger partial charge in [-0.3, -0.25) is 0 Å². The van der Waals surface area contributed by atoms with Crippen molar-refractivity contribution in [3.63, 3.8) is 0 Å². The fraction of sp³-hybridized carbons (Fsp3) is 0.143. The van der Waals surface area contributed by atoms with Crippen LogP contribution in [0.2, 0.25) is 0 Å². The molecule has 47 valence electrons. The van der Waals surface area contributed by atoms with Crippen LogP contribution in [0, 0.1) is 6.07 Å². The molecule has 0 amide bonds. The molecule has 0 saturated carbocycles. The lowest BCUT2D eigenvalue weighted by Crippen LogP contribution is -1.80. The third-order valence-electron chi connectivity index (χ3n) is 1.02. The zero-order valence-electron chi connectivity index (χ0n) is 4.83. The third-order valence-corrected chi connectivity index (χ3v) is 1.02. The van der Waals surface area contributed by atoms with Gasteiger partial charge in [-0.15, -0.1) is 0 Å². The van der Waals surface area contributed by atoms with Crippen molar-refractivity contribution in [3.8, 4) is 5.75 Å². The molecule has 0 heterocycles. The molecule has 0 fully saturated rings. The average molecular weight is 123 g/mol. The number of aliphatic hydroxyl groups is 1. The van der Waals surface area contributed by atoms with Gasteiger partial charge in [-0.05, 0) is 23.8 Å². The van der Waals surface area contributed by atoms with E-state index in [0.717, 1.165) is 0 Å². The van der Waals surface area contributed by atoms with Gasteiger partial charge in [-0.25, -0.2) is 0 Å². The smallest absolute Gasteiger partial charge is 0.115 e. The van der Waals surface area contributed by atoms with E-state index in [0.29, 0.717) is 5.56 Å². The van der Waals surface area contributed by atoms with Crippen LogP contribution in [0.15, 0.2) is 18.2 Å². The van der Waals surface area contributed by atoms with Crippen molar-refractivity contribution in [1.29, 1.82) is 0 Å². The normalized spacial score (nSPS) is 9.44. The average Bonchev–Trinajstić information content (AvgIpc) is 1.88. The molecule has 9 heavy (non-hydrogen) atoms. The summed E-state index contributed by atoms with van der Waals surface area (Å²) in [6, 6.07) is 7.30. The van der Waals surface area contributed by atoms with E-state index in [-0.39, 0.29) is 12.4 Å². The van der Waals surface area contributed by atoms with Crippen LogP contribution in [0.1, 0.15) is 5.56 Å². The van der Waals surface area contributed by atoms with Gasteiger partial charge in [-0.1, -0.05) is 6.07 Å². The van der Waals surface area contributed by atoms with Crippen LogP contribution in [0.3, 0.4) is 0 Å². The van der Waals surface area contributed by atoms with E-state index >= 15 is 0 Å². The number of rotatable bonds is 1. The third kappa shape index (κ3) is 1.44. The number of phenolic OH excluding ortho intramolecular Hbond substituents is 1. The number of phenols is 1. The summed E-state index contributed by atoms with van der Waals surface area (Å²) in [5.41, 5.74) is 0.606. The Morgan fingerprint density at radius 2 is 2.33 bits per heavy atom. The van der Waals surface area contributed by atoms with E-state index in [1.807, 2.05) is 0 Å². The van der Waals surface area contributed by atoms with E-state index in [9.17, 15) is 0 Å². The Balaban J connectivity index is 2.94. The number of aliphatic hydroxyl groups excluding tert-OH is 1. The number of hydrogen-bond donors (Lipinski definition) is 2. The summed E-state index contributed by atoms with van der Waals surface area (Å²) >= 11 is 0. The van der Waals surface area contributed by atoms with Gasteiger partial charge in [0.05, 0.1) is 6.61 Å². The molecule has 0 aliphatic carbocycles. The Morgan fingerprint density at radius 1 is 1.56 bits per heavy atom. The van der Waals surface area contributed by atoms with Gasteiger partial charge in [0.1, 0.15) is 5.75 Å².